The second-order valence-electron chi connectivity index (χ2n) is 6.21. The van der Waals surface area contributed by atoms with Gasteiger partial charge in [-0.3, -0.25) is 14.5 Å². The number of aromatic nitrogens is 2. The number of nitrogens with zero attached hydrogens (tertiary/aromatic N) is 3. The third kappa shape index (κ3) is 4.63. The van der Waals surface area contributed by atoms with Gasteiger partial charge in [-0.15, -0.1) is 0 Å². The van der Waals surface area contributed by atoms with E-state index in [-0.39, 0.29) is 24.3 Å². The zero-order chi connectivity index (χ0) is 17.6. The molecule has 2 heterocycles. The summed E-state index contributed by atoms with van der Waals surface area (Å²) in [6.45, 7) is 2.05. The van der Waals surface area contributed by atoms with Gasteiger partial charge in [0.25, 0.3) is 0 Å². The van der Waals surface area contributed by atoms with E-state index in [2.05, 4.69) is 15.5 Å². The lowest BCUT2D eigenvalue weighted by atomic mass is 9.97. The number of piperidine rings is 1. The summed E-state index contributed by atoms with van der Waals surface area (Å²) in [4.78, 5) is 29.3. The third-order valence-electron chi connectivity index (χ3n) is 4.30. The Kier molecular flexibility index (Phi) is 5.39. The minimum atomic E-state index is -0.359. The number of nitrogens with one attached hydrogen (secondary N) is 1. The molecule has 0 aliphatic carbocycles. The molecule has 3 rings (SSSR count). The Balaban J connectivity index is 1.51. The number of benzene rings is 1. The Bertz CT molecular complexity index is 714. The van der Waals surface area contributed by atoms with Crippen molar-refractivity contribution in [3.05, 3.63) is 36.2 Å². The Morgan fingerprint density at radius 1 is 1.32 bits per heavy atom. The van der Waals surface area contributed by atoms with Gasteiger partial charge in [0.1, 0.15) is 0 Å². The molecule has 132 valence electrons. The van der Waals surface area contributed by atoms with E-state index >= 15 is 0 Å². The lowest BCUT2D eigenvalue weighted by Gasteiger charge is -2.31. The Morgan fingerprint density at radius 3 is 2.80 bits per heavy atom. The van der Waals surface area contributed by atoms with E-state index in [1.807, 2.05) is 29.2 Å². The number of carbonyl (C=O) groups is 2. The summed E-state index contributed by atoms with van der Waals surface area (Å²) in [7, 11) is 0. The first-order chi connectivity index (χ1) is 12.1. The first-order valence-corrected chi connectivity index (χ1v) is 8.26. The van der Waals surface area contributed by atoms with Crippen LogP contribution in [0.15, 0.2) is 35.2 Å². The van der Waals surface area contributed by atoms with Crippen LogP contribution < -0.4 is 11.1 Å². The van der Waals surface area contributed by atoms with E-state index in [1.54, 1.807) is 0 Å². The van der Waals surface area contributed by atoms with E-state index in [1.165, 1.54) is 6.39 Å². The fourth-order valence-electron chi connectivity index (χ4n) is 3.04. The average molecular weight is 343 g/mol. The summed E-state index contributed by atoms with van der Waals surface area (Å²) >= 11 is 0. The standard InChI is InChI=1S/C17H21N5O3/c18-15(23)10-22-7-1-2-14(9-22)17(24)19-8-12-3-5-13(6-4-12)16-20-11-25-21-16/h3-6,11,14H,1-2,7-10H2,(H2,18,23)(H,19,24). The van der Waals surface area contributed by atoms with Crippen LogP contribution in [0.2, 0.25) is 0 Å². The van der Waals surface area contributed by atoms with Crippen molar-refractivity contribution in [3.8, 4) is 11.4 Å². The highest BCUT2D eigenvalue weighted by Gasteiger charge is 2.26. The predicted molar refractivity (Wildman–Crippen MR) is 89.9 cm³/mol. The van der Waals surface area contributed by atoms with Crippen LogP contribution >= 0.6 is 0 Å². The number of hydrogen-bond donors (Lipinski definition) is 2. The van der Waals surface area contributed by atoms with Crippen molar-refractivity contribution in [2.45, 2.75) is 19.4 Å². The molecule has 1 aromatic carbocycles. The molecule has 2 aromatic rings. The lowest BCUT2D eigenvalue weighted by molar-refractivity contribution is -0.128. The molecule has 1 atom stereocenters. The number of likely N-dealkylation sites (tertiary alicyclic amines) is 1. The largest absolute Gasteiger partial charge is 0.369 e. The van der Waals surface area contributed by atoms with Gasteiger partial charge >= 0.3 is 0 Å². The molecule has 0 bridgehead atoms. The first kappa shape index (κ1) is 17.1. The van der Waals surface area contributed by atoms with Crippen molar-refractivity contribution in [3.63, 3.8) is 0 Å². The zero-order valence-electron chi connectivity index (χ0n) is 13.9. The number of rotatable bonds is 6. The van der Waals surface area contributed by atoms with Crippen LogP contribution in [0.3, 0.4) is 0 Å². The van der Waals surface area contributed by atoms with Crippen LogP contribution in [0, 0.1) is 5.92 Å². The molecule has 3 N–H and O–H groups in total. The monoisotopic (exact) mass is 343 g/mol. The topological polar surface area (TPSA) is 114 Å². The summed E-state index contributed by atoms with van der Waals surface area (Å²) < 4.78 is 4.73. The van der Waals surface area contributed by atoms with Crippen LogP contribution in [0.4, 0.5) is 0 Å². The molecule has 1 aliphatic rings. The summed E-state index contributed by atoms with van der Waals surface area (Å²) in [6, 6.07) is 7.63. The molecular formula is C17H21N5O3. The number of nitrogens with two attached hydrogens (primary N) is 1. The van der Waals surface area contributed by atoms with Crippen LogP contribution in [-0.2, 0) is 16.1 Å². The van der Waals surface area contributed by atoms with Crippen LogP contribution in [0.1, 0.15) is 18.4 Å². The average Bonchev–Trinajstić information content (AvgIpc) is 3.14. The maximum Gasteiger partial charge on any atom is 0.231 e. The van der Waals surface area contributed by atoms with Crippen LogP contribution in [-0.4, -0.2) is 46.5 Å². The normalized spacial score (nSPS) is 18.0. The van der Waals surface area contributed by atoms with Gasteiger partial charge in [-0.2, -0.15) is 4.98 Å². The van der Waals surface area contributed by atoms with Crippen molar-refractivity contribution in [1.29, 1.82) is 0 Å². The Hall–Kier alpha value is -2.74. The van der Waals surface area contributed by atoms with Gasteiger partial charge in [-0.1, -0.05) is 29.4 Å². The second kappa shape index (κ2) is 7.89. The molecule has 1 fully saturated rings. The van der Waals surface area contributed by atoms with Gasteiger partial charge < -0.3 is 15.6 Å². The number of hydrogen-bond acceptors (Lipinski definition) is 6. The van der Waals surface area contributed by atoms with Gasteiger partial charge in [-0.05, 0) is 24.9 Å². The van der Waals surface area contributed by atoms with Gasteiger partial charge in [0.15, 0.2) is 0 Å². The molecule has 8 heteroatoms. The maximum atomic E-state index is 12.4. The molecule has 1 aliphatic heterocycles. The SMILES string of the molecule is NC(=O)CN1CCCC(C(=O)NCc2ccc(-c3ncon3)cc2)C1. The maximum absolute atomic E-state index is 12.4. The van der Waals surface area contributed by atoms with E-state index in [4.69, 9.17) is 10.3 Å². The molecule has 0 spiro atoms. The molecule has 0 saturated carbocycles. The van der Waals surface area contributed by atoms with Crippen molar-refractivity contribution in [2.24, 2.45) is 11.7 Å². The summed E-state index contributed by atoms with van der Waals surface area (Å²) in [5, 5.41) is 6.75. The molecule has 2 amide bonds. The molecule has 1 aromatic heterocycles. The van der Waals surface area contributed by atoms with Gasteiger partial charge in [-0.25, -0.2) is 0 Å². The fourth-order valence-corrected chi connectivity index (χ4v) is 3.04. The molecule has 25 heavy (non-hydrogen) atoms. The Morgan fingerprint density at radius 2 is 2.12 bits per heavy atom. The highest BCUT2D eigenvalue weighted by molar-refractivity contribution is 5.79. The van der Waals surface area contributed by atoms with Crippen molar-refractivity contribution >= 4 is 11.8 Å². The third-order valence-corrected chi connectivity index (χ3v) is 4.30. The van der Waals surface area contributed by atoms with E-state index < -0.39 is 0 Å². The molecule has 1 unspecified atom stereocenters. The minimum absolute atomic E-state index is 0.0106. The van der Waals surface area contributed by atoms with Crippen molar-refractivity contribution < 1.29 is 14.1 Å². The fraction of sp³-hybridized carbons (Fsp3) is 0.412. The summed E-state index contributed by atoms with van der Waals surface area (Å²) in [5.74, 6) is 0.0817. The van der Waals surface area contributed by atoms with E-state index in [0.717, 1.165) is 30.5 Å². The molecule has 1 saturated heterocycles. The second-order valence-corrected chi connectivity index (χ2v) is 6.21. The predicted octanol–water partition coefficient (Wildman–Crippen LogP) is 0.550. The zero-order valence-corrected chi connectivity index (χ0v) is 13.9. The number of primary amides is 1. The molecule has 0 radical (unpaired) electrons. The molecule has 8 nitrogen and oxygen atoms in total. The van der Waals surface area contributed by atoms with Crippen LogP contribution in [0.5, 0.6) is 0 Å². The number of carbonyl (C=O) groups excluding carboxylic acids is 2. The van der Waals surface area contributed by atoms with E-state index in [0.29, 0.717) is 18.9 Å². The highest BCUT2D eigenvalue weighted by Crippen LogP contribution is 2.17. The van der Waals surface area contributed by atoms with Gasteiger partial charge in [0.2, 0.25) is 24.0 Å². The first-order valence-electron chi connectivity index (χ1n) is 8.26. The van der Waals surface area contributed by atoms with Crippen LogP contribution in [0.25, 0.3) is 11.4 Å². The number of amides is 2. The minimum Gasteiger partial charge on any atom is -0.369 e. The highest BCUT2D eigenvalue weighted by atomic mass is 16.5. The molecular weight excluding hydrogens is 322 g/mol. The van der Waals surface area contributed by atoms with Crippen molar-refractivity contribution in [2.75, 3.05) is 19.6 Å². The van der Waals surface area contributed by atoms with Gasteiger partial charge in [0, 0.05) is 18.7 Å². The summed E-state index contributed by atoms with van der Waals surface area (Å²) in [5.41, 5.74) is 7.08. The van der Waals surface area contributed by atoms with Gasteiger partial charge in [0.05, 0.1) is 12.5 Å². The smallest absolute Gasteiger partial charge is 0.231 e. The Labute approximate surface area is 145 Å². The quantitative estimate of drug-likeness (QED) is 0.792. The van der Waals surface area contributed by atoms with Crippen molar-refractivity contribution in [1.82, 2.24) is 20.4 Å². The lowest BCUT2D eigenvalue weighted by Crippen LogP contribution is -2.45. The van der Waals surface area contributed by atoms with E-state index in [9.17, 15) is 9.59 Å². The summed E-state index contributed by atoms with van der Waals surface area (Å²) in [6.07, 6.45) is 3.01.